The van der Waals surface area contributed by atoms with Crippen LogP contribution in [0.15, 0.2) is 24.3 Å². The van der Waals surface area contributed by atoms with Crippen molar-refractivity contribution in [3.8, 4) is 0 Å². The Morgan fingerprint density at radius 2 is 1.84 bits per heavy atom. The number of imide groups is 1. The van der Waals surface area contributed by atoms with Crippen LogP contribution in [0.2, 0.25) is 0 Å². The minimum absolute atomic E-state index is 0.216. The lowest BCUT2D eigenvalue weighted by atomic mass is 10.2. The van der Waals surface area contributed by atoms with Gasteiger partial charge in [0.1, 0.15) is 0 Å². The Balaban J connectivity index is 2.27. The molecule has 5 heteroatoms. The molecule has 0 bridgehead atoms. The molecule has 1 aliphatic heterocycles. The van der Waals surface area contributed by atoms with Gasteiger partial charge in [-0.1, -0.05) is 6.07 Å². The van der Waals surface area contributed by atoms with Crippen LogP contribution >= 0.6 is 0 Å². The zero-order valence-electron chi connectivity index (χ0n) is 10.9. The van der Waals surface area contributed by atoms with E-state index in [1.165, 1.54) is 6.07 Å². The largest absolute Gasteiger partial charge is 0.459 e. The van der Waals surface area contributed by atoms with Gasteiger partial charge in [-0.15, -0.1) is 0 Å². The predicted molar refractivity (Wildman–Crippen MR) is 68.7 cm³/mol. The van der Waals surface area contributed by atoms with Gasteiger partial charge in [0, 0.05) is 12.8 Å². The molecule has 0 aromatic heterocycles. The Labute approximate surface area is 111 Å². The average Bonchev–Trinajstić information content (AvgIpc) is 2.68. The average molecular weight is 261 g/mol. The van der Waals surface area contributed by atoms with Crippen molar-refractivity contribution in [3.63, 3.8) is 0 Å². The van der Waals surface area contributed by atoms with E-state index in [0.717, 1.165) is 4.90 Å². The summed E-state index contributed by atoms with van der Waals surface area (Å²) >= 11 is 0. The summed E-state index contributed by atoms with van der Waals surface area (Å²) in [5, 5.41) is 0. The van der Waals surface area contributed by atoms with Crippen LogP contribution in [0.3, 0.4) is 0 Å². The second-order valence-corrected chi connectivity index (χ2v) is 4.63. The topological polar surface area (TPSA) is 63.7 Å². The highest BCUT2D eigenvalue weighted by molar-refractivity contribution is 6.20. The van der Waals surface area contributed by atoms with Crippen molar-refractivity contribution in [2.75, 3.05) is 4.90 Å². The quantitative estimate of drug-likeness (QED) is 0.616. The van der Waals surface area contributed by atoms with E-state index in [9.17, 15) is 14.4 Å². The molecular formula is C14H15NO4. The second kappa shape index (κ2) is 5.22. The van der Waals surface area contributed by atoms with Crippen molar-refractivity contribution >= 4 is 23.5 Å². The molecule has 0 atom stereocenters. The fourth-order valence-electron chi connectivity index (χ4n) is 1.92. The normalized spacial score (nSPS) is 15.2. The number of nitrogens with zero attached hydrogens (tertiary/aromatic N) is 1. The van der Waals surface area contributed by atoms with Gasteiger partial charge in [0.15, 0.2) is 0 Å². The first-order valence-electron chi connectivity index (χ1n) is 6.16. The zero-order chi connectivity index (χ0) is 14.0. The summed E-state index contributed by atoms with van der Waals surface area (Å²) in [6, 6.07) is 6.36. The van der Waals surface area contributed by atoms with E-state index in [-0.39, 0.29) is 30.8 Å². The molecule has 0 aliphatic carbocycles. The third-order valence-electron chi connectivity index (χ3n) is 2.73. The number of ether oxygens (including phenoxy) is 1. The number of esters is 1. The van der Waals surface area contributed by atoms with Crippen LogP contribution in [-0.4, -0.2) is 23.9 Å². The second-order valence-electron chi connectivity index (χ2n) is 4.63. The lowest BCUT2D eigenvalue weighted by Gasteiger charge is -2.15. The maximum absolute atomic E-state index is 11.8. The third-order valence-corrected chi connectivity index (χ3v) is 2.73. The van der Waals surface area contributed by atoms with Gasteiger partial charge < -0.3 is 4.74 Å². The fraction of sp³-hybridized carbons (Fsp3) is 0.357. The Bertz CT molecular complexity index is 520. The van der Waals surface area contributed by atoms with Crippen molar-refractivity contribution in [2.24, 2.45) is 0 Å². The molecule has 0 spiro atoms. The molecule has 1 aliphatic rings. The van der Waals surface area contributed by atoms with Crippen molar-refractivity contribution in [2.45, 2.75) is 32.8 Å². The van der Waals surface area contributed by atoms with Crippen LogP contribution < -0.4 is 4.90 Å². The van der Waals surface area contributed by atoms with Crippen LogP contribution in [0.1, 0.15) is 37.0 Å². The summed E-state index contributed by atoms with van der Waals surface area (Å²) in [4.78, 5) is 36.2. The standard InChI is InChI=1S/C14H15NO4/c1-9(2)19-14(18)10-4-3-5-11(8-10)15-12(16)6-7-13(15)17/h3-5,8-9H,6-7H2,1-2H3. The number of hydrogen-bond donors (Lipinski definition) is 0. The third kappa shape index (κ3) is 2.81. The molecule has 1 fully saturated rings. The van der Waals surface area contributed by atoms with Gasteiger partial charge >= 0.3 is 5.97 Å². The first-order valence-corrected chi connectivity index (χ1v) is 6.16. The molecule has 100 valence electrons. The molecule has 1 heterocycles. The molecule has 0 unspecified atom stereocenters. The SMILES string of the molecule is CC(C)OC(=O)c1cccc(N2C(=O)CCC2=O)c1. The molecule has 2 rings (SSSR count). The summed E-state index contributed by atoms with van der Waals surface area (Å²) in [7, 11) is 0. The molecule has 0 N–H and O–H groups in total. The van der Waals surface area contributed by atoms with Crippen molar-refractivity contribution in [3.05, 3.63) is 29.8 Å². The smallest absolute Gasteiger partial charge is 0.338 e. The lowest BCUT2D eigenvalue weighted by Crippen LogP contribution is -2.28. The number of benzene rings is 1. The van der Waals surface area contributed by atoms with Gasteiger partial charge in [-0.3, -0.25) is 14.5 Å². The Hall–Kier alpha value is -2.17. The summed E-state index contributed by atoms with van der Waals surface area (Å²) in [5.41, 5.74) is 0.754. The monoisotopic (exact) mass is 261 g/mol. The minimum atomic E-state index is -0.462. The van der Waals surface area contributed by atoms with Gasteiger partial charge in [-0.05, 0) is 32.0 Å². The van der Waals surface area contributed by atoms with E-state index in [0.29, 0.717) is 11.3 Å². The van der Waals surface area contributed by atoms with Crippen molar-refractivity contribution < 1.29 is 19.1 Å². The number of hydrogen-bond acceptors (Lipinski definition) is 4. The van der Waals surface area contributed by atoms with Crippen LogP contribution in [-0.2, 0) is 14.3 Å². The molecule has 0 radical (unpaired) electrons. The van der Waals surface area contributed by atoms with E-state index < -0.39 is 5.97 Å². The van der Waals surface area contributed by atoms with Crippen LogP contribution in [0.5, 0.6) is 0 Å². The van der Waals surface area contributed by atoms with Crippen LogP contribution in [0, 0.1) is 0 Å². The summed E-state index contributed by atoms with van der Waals surface area (Å²) in [6.45, 7) is 3.52. The number of carbonyl (C=O) groups excluding carboxylic acids is 3. The highest BCUT2D eigenvalue weighted by Crippen LogP contribution is 2.23. The van der Waals surface area contributed by atoms with Crippen molar-refractivity contribution in [1.82, 2.24) is 0 Å². The van der Waals surface area contributed by atoms with Gasteiger partial charge in [-0.25, -0.2) is 4.79 Å². The number of rotatable bonds is 3. The Morgan fingerprint density at radius 3 is 2.42 bits per heavy atom. The molecular weight excluding hydrogens is 246 g/mol. The molecule has 0 saturated carbocycles. The highest BCUT2D eigenvalue weighted by Gasteiger charge is 2.30. The van der Waals surface area contributed by atoms with E-state index in [4.69, 9.17) is 4.74 Å². The van der Waals surface area contributed by atoms with Gasteiger partial charge in [-0.2, -0.15) is 0 Å². The van der Waals surface area contributed by atoms with Crippen molar-refractivity contribution in [1.29, 1.82) is 0 Å². The first kappa shape index (κ1) is 13.3. The fourth-order valence-corrected chi connectivity index (χ4v) is 1.92. The van der Waals surface area contributed by atoms with E-state index >= 15 is 0 Å². The molecule has 1 saturated heterocycles. The summed E-state index contributed by atoms with van der Waals surface area (Å²) in [5.74, 6) is -0.935. The van der Waals surface area contributed by atoms with Crippen LogP contribution in [0.25, 0.3) is 0 Å². The molecule has 5 nitrogen and oxygen atoms in total. The lowest BCUT2D eigenvalue weighted by molar-refractivity contribution is -0.121. The minimum Gasteiger partial charge on any atom is -0.459 e. The van der Waals surface area contributed by atoms with Crippen LogP contribution in [0.4, 0.5) is 5.69 Å². The number of carbonyl (C=O) groups is 3. The highest BCUT2D eigenvalue weighted by atomic mass is 16.5. The predicted octanol–water partition coefficient (Wildman–Crippen LogP) is 1.91. The van der Waals surface area contributed by atoms with E-state index in [1.54, 1.807) is 32.0 Å². The zero-order valence-corrected chi connectivity index (χ0v) is 10.9. The van der Waals surface area contributed by atoms with Gasteiger partial charge in [0.05, 0.1) is 17.4 Å². The van der Waals surface area contributed by atoms with Gasteiger partial charge in [0.2, 0.25) is 11.8 Å². The first-order chi connectivity index (χ1) is 8.99. The number of amides is 2. The summed E-state index contributed by atoms with van der Waals surface area (Å²) < 4.78 is 5.08. The molecule has 1 aromatic rings. The Morgan fingerprint density at radius 1 is 1.21 bits per heavy atom. The molecule has 1 aromatic carbocycles. The van der Waals surface area contributed by atoms with E-state index in [2.05, 4.69) is 0 Å². The molecule has 19 heavy (non-hydrogen) atoms. The summed E-state index contributed by atoms with van der Waals surface area (Å²) in [6.07, 6.45) is 0.227. The maximum Gasteiger partial charge on any atom is 0.338 e. The Kier molecular flexibility index (Phi) is 3.64. The molecule has 2 amide bonds. The number of anilines is 1. The van der Waals surface area contributed by atoms with E-state index in [1.807, 2.05) is 0 Å². The van der Waals surface area contributed by atoms with Gasteiger partial charge in [0.25, 0.3) is 0 Å². The maximum atomic E-state index is 11.8.